The summed E-state index contributed by atoms with van der Waals surface area (Å²) in [6, 6.07) is 23.7. The van der Waals surface area contributed by atoms with E-state index in [4.69, 9.17) is 0 Å². The first-order valence-corrected chi connectivity index (χ1v) is 11.7. The van der Waals surface area contributed by atoms with E-state index in [0.29, 0.717) is 0 Å². The van der Waals surface area contributed by atoms with Gasteiger partial charge in [-0.1, -0.05) is 77.9 Å². The summed E-state index contributed by atoms with van der Waals surface area (Å²) in [5, 5.41) is -0.909. The second kappa shape index (κ2) is 8.19. The molecule has 0 radical (unpaired) electrons. The van der Waals surface area contributed by atoms with Crippen molar-refractivity contribution in [3.63, 3.8) is 0 Å². The Morgan fingerprint density at radius 2 is 1.19 bits per heavy atom. The molecule has 0 bridgehead atoms. The van der Waals surface area contributed by atoms with E-state index < -0.39 is 31.0 Å². The largest absolute Gasteiger partial charge is 0.258 e. The molecule has 0 aromatic heterocycles. The summed E-state index contributed by atoms with van der Waals surface area (Å²) in [6.45, 7) is 3.98. The molecule has 3 rings (SSSR count). The van der Waals surface area contributed by atoms with Gasteiger partial charge in [0, 0.05) is 10.8 Å². The number of rotatable bonds is 6. The maximum absolute atomic E-state index is 13.2. The minimum absolute atomic E-state index is 0.199. The lowest BCUT2D eigenvalue weighted by Crippen LogP contribution is -2.18. The fraction of sp³-hybridized carbons (Fsp3) is 0.182. The van der Waals surface area contributed by atoms with E-state index >= 15 is 0 Å². The van der Waals surface area contributed by atoms with Gasteiger partial charge in [0.2, 0.25) is 0 Å². The van der Waals surface area contributed by atoms with Crippen LogP contribution in [0.15, 0.2) is 83.8 Å². The lowest BCUT2D eigenvalue weighted by molar-refractivity contribution is 0.599. The normalized spacial score (nSPS) is 12.9. The van der Waals surface area contributed by atoms with Crippen molar-refractivity contribution in [3.05, 3.63) is 101 Å². The van der Waals surface area contributed by atoms with Crippen LogP contribution >= 0.6 is 0 Å². The van der Waals surface area contributed by atoms with Gasteiger partial charge in [0.25, 0.3) is 0 Å². The molecule has 3 aromatic carbocycles. The van der Waals surface area contributed by atoms with E-state index in [0.717, 1.165) is 22.3 Å². The van der Waals surface area contributed by atoms with E-state index in [1.807, 2.05) is 62.4 Å². The zero-order valence-corrected chi connectivity index (χ0v) is 17.0. The van der Waals surface area contributed by atoms with Crippen LogP contribution in [0.2, 0.25) is 0 Å². The van der Waals surface area contributed by atoms with Gasteiger partial charge < -0.3 is 0 Å². The first-order chi connectivity index (χ1) is 12.9. The molecular weight excluding hydrogens is 376 g/mol. The summed E-state index contributed by atoms with van der Waals surface area (Å²) >= 11 is 0. The Morgan fingerprint density at radius 1 is 0.741 bits per heavy atom. The van der Waals surface area contributed by atoms with Crippen molar-refractivity contribution in [1.29, 1.82) is 0 Å². The summed E-state index contributed by atoms with van der Waals surface area (Å²) in [4.78, 5) is 0.199. The van der Waals surface area contributed by atoms with Gasteiger partial charge in [-0.05, 0) is 37.1 Å². The van der Waals surface area contributed by atoms with Crippen molar-refractivity contribution < 1.29 is 12.6 Å². The van der Waals surface area contributed by atoms with E-state index in [1.165, 1.54) is 0 Å². The van der Waals surface area contributed by atoms with Crippen LogP contribution in [-0.4, -0.2) is 17.7 Å². The van der Waals surface area contributed by atoms with Crippen LogP contribution in [0.3, 0.4) is 0 Å². The Bertz CT molecular complexity index is 978. The molecule has 0 saturated heterocycles. The van der Waals surface area contributed by atoms with E-state index in [2.05, 4.69) is 0 Å². The van der Waals surface area contributed by atoms with Gasteiger partial charge in [-0.15, -0.1) is 0 Å². The maximum Gasteiger partial charge on any atom is 0.190 e. The molecule has 3 nitrogen and oxygen atoms in total. The number of hydrogen-bond donors (Lipinski definition) is 0. The van der Waals surface area contributed by atoms with Crippen LogP contribution in [0.25, 0.3) is 0 Å². The third-order valence-corrected chi connectivity index (χ3v) is 8.63. The third kappa shape index (κ3) is 4.73. The molecule has 0 amide bonds. The zero-order valence-electron chi connectivity index (χ0n) is 15.3. The predicted molar refractivity (Wildman–Crippen MR) is 111 cm³/mol. The number of sulfone groups is 1. The number of hydrogen-bond acceptors (Lipinski definition) is 3. The minimum atomic E-state index is -3.64. The second-order valence-electron chi connectivity index (χ2n) is 6.63. The molecule has 0 saturated carbocycles. The molecule has 0 fully saturated rings. The summed E-state index contributed by atoms with van der Waals surface area (Å²) in [5.74, 6) is 0. The summed E-state index contributed by atoms with van der Waals surface area (Å²) in [5.41, 5.74) is 3.91. The van der Waals surface area contributed by atoms with Crippen molar-refractivity contribution in [1.82, 2.24) is 0 Å². The quantitative estimate of drug-likeness (QED) is 0.611. The molecule has 140 valence electrons. The number of aryl methyl sites for hydroxylation is 2. The van der Waals surface area contributed by atoms with Crippen LogP contribution < -0.4 is 0 Å². The lowest BCUT2D eigenvalue weighted by atomic mass is 10.0. The van der Waals surface area contributed by atoms with Gasteiger partial charge >= 0.3 is 0 Å². The van der Waals surface area contributed by atoms with Crippen molar-refractivity contribution in [2.45, 2.75) is 24.0 Å². The Morgan fingerprint density at radius 3 is 1.63 bits per heavy atom. The summed E-state index contributed by atoms with van der Waals surface area (Å²) in [6.07, 6.45) is 0. The van der Waals surface area contributed by atoms with Crippen LogP contribution in [0, 0.1) is 13.8 Å². The molecular formula is C22H22O3S2. The van der Waals surface area contributed by atoms with Crippen LogP contribution in [0.1, 0.15) is 27.5 Å². The molecule has 1 unspecified atom stereocenters. The fourth-order valence-electron chi connectivity index (χ4n) is 2.90. The van der Waals surface area contributed by atoms with Gasteiger partial charge in [-0.2, -0.15) is 0 Å². The molecule has 3 aromatic rings. The van der Waals surface area contributed by atoms with E-state index in [1.54, 1.807) is 30.3 Å². The standard InChI is InChI=1S/C22H22O3S2/c1-17-8-12-19(13-9-17)22(20-14-10-18(2)11-15-20)26(23)16-27(24,25)21-6-4-3-5-7-21/h3-15,22H,16H2,1-2H3. The molecule has 1 atom stereocenters. The van der Waals surface area contributed by atoms with Crippen LogP contribution in [-0.2, 0) is 20.6 Å². The SMILES string of the molecule is Cc1ccc(C(c2ccc(C)cc2)S(=O)CS(=O)(=O)c2ccccc2)cc1. The van der Waals surface area contributed by atoms with Gasteiger partial charge in [0.1, 0.15) is 5.08 Å². The Hall–Kier alpha value is -2.24. The summed E-state index contributed by atoms with van der Waals surface area (Å²) in [7, 11) is -5.27. The van der Waals surface area contributed by atoms with Crippen molar-refractivity contribution >= 4 is 20.6 Å². The van der Waals surface area contributed by atoms with Gasteiger partial charge in [0.05, 0.1) is 10.1 Å². The van der Waals surface area contributed by atoms with Gasteiger partial charge in [-0.3, -0.25) is 4.21 Å². The summed E-state index contributed by atoms with van der Waals surface area (Å²) < 4.78 is 38.7. The highest BCUT2D eigenvalue weighted by Gasteiger charge is 2.27. The predicted octanol–water partition coefficient (Wildman–Crippen LogP) is 4.57. The monoisotopic (exact) mass is 398 g/mol. The topological polar surface area (TPSA) is 51.2 Å². The molecule has 0 aliphatic carbocycles. The Kier molecular flexibility index (Phi) is 5.92. The van der Waals surface area contributed by atoms with E-state index in [-0.39, 0.29) is 4.90 Å². The fourth-order valence-corrected chi connectivity index (χ4v) is 6.70. The van der Waals surface area contributed by atoms with Crippen molar-refractivity contribution in [3.8, 4) is 0 Å². The molecule has 5 heteroatoms. The average Bonchev–Trinajstić information content (AvgIpc) is 2.65. The molecule has 0 aliphatic heterocycles. The lowest BCUT2D eigenvalue weighted by Gasteiger charge is -2.18. The molecule has 0 heterocycles. The first-order valence-electron chi connectivity index (χ1n) is 8.65. The molecule has 0 N–H and O–H groups in total. The molecule has 0 aliphatic rings. The zero-order chi connectivity index (χ0) is 19.4. The van der Waals surface area contributed by atoms with Gasteiger partial charge in [0.15, 0.2) is 9.84 Å². The van der Waals surface area contributed by atoms with Crippen LogP contribution in [0.5, 0.6) is 0 Å². The highest BCUT2D eigenvalue weighted by molar-refractivity contribution is 8.05. The number of benzene rings is 3. The third-order valence-electron chi connectivity index (χ3n) is 4.40. The molecule has 0 spiro atoms. The van der Waals surface area contributed by atoms with Crippen molar-refractivity contribution in [2.24, 2.45) is 0 Å². The minimum Gasteiger partial charge on any atom is -0.258 e. The Labute approximate surface area is 163 Å². The molecule has 27 heavy (non-hydrogen) atoms. The van der Waals surface area contributed by atoms with Crippen LogP contribution in [0.4, 0.5) is 0 Å². The maximum atomic E-state index is 13.2. The highest BCUT2D eigenvalue weighted by atomic mass is 32.3. The van der Waals surface area contributed by atoms with Crippen molar-refractivity contribution in [2.75, 3.05) is 5.08 Å². The van der Waals surface area contributed by atoms with Gasteiger partial charge in [-0.25, -0.2) is 8.42 Å². The average molecular weight is 399 g/mol. The highest BCUT2D eigenvalue weighted by Crippen LogP contribution is 2.30. The first kappa shape index (κ1) is 19.5. The smallest absolute Gasteiger partial charge is 0.190 e. The second-order valence-corrected chi connectivity index (χ2v) is 10.5. The van der Waals surface area contributed by atoms with E-state index in [9.17, 15) is 12.6 Å². The Balaban J connectivity index is 1.98.